The van der Waals surface area contributed by atoms with Crippen LogP contribution >= 0.6 is 0 Å². The Morgan fingerprint density at radius 1 is 0.607 bits per heavy atom. The number of hydrogen-bond acceptors (Lipinski definition) is 13. The van der Waals surface area contributed by atoms with E-state index in [4.69, 9.17) is 14.2 Å². The lowest BCUT2D eigenvalue weighted by Gasteiger charge is -2.42. The lowest BCUT2D eigenvalue weighted by Crippen LogP contribution is -2.62. The van der Waals surface area contributed by atoms with Crippen LogP contribution in [0.3, 0.4) is 0 Å². The fourth-order valence-electron chi connectivity index (χ4n) is 8.13. The number of aliphatic hydroxyl groups excluding tert-OH is 9. The van der Waals surface area contributed by atoms with Crippen molar-refractivity contribution in [3.8, 4) is 0 Å². The minimum atomic E-state index is -1.93. The van der Waals surface area contributed by atoms with Gasteiger partial charge in [-0.25, -0.2) is 0 Å². The summed E-state index contributed by atoms with van der Waals surface area (Å²) in [5, 5.41) is 95.6. The molecule has 61 heavy (non-hydrogen) atoms. The second-order valence-electron chi connectivity index (χ2n) is 17.8. The van der Waals surface area contributed by atoms with E-state index >= 15 is 0 Å². The van der Waals surface area contributed by atoms with Crippen molar-refractivity contribution in [1.29, 1.82) is 0 Å². The van der Waals surface area contributed by atoms with Gasteiger partial charge in [0.15, 0.2) is 6.29 Å². The van der Waals surface area contributed by atoms with Crippen LogP contribution in [0.5, 0.6) is 0 Å². The number of rotatable bonds is 42. The number of amides is 1. The van der Waals surface area contributed by atoms with Crippen LogP contribution < -0.4 is 5.32 Å². The highest BCUT2D eigenvalue weighted by Gasteiger charge is 2.47. The first-order valence-electron chi connectivity index (χ1n) is 24.7. The summed E-state index contributed by atoms with van der Waals surface area (Å²) >= 11 is 0. The lowest BCUT2D eigenvalue weighted by atomic mass is 9.93. The van der Waals surface area contributed by atoms with Gasteiger partial charge in [-0.2, -0.15) is 0 Å². The van der Waals surface area contributed by atoms with E-state index in [1.807, 2.05) is 0 Å². The van der Waals surface area contributed by atoms with E-state index in [0.717, 1.165) is 38.5 Å². The summed E-state index contributed by atoms with van der Waals surface area (Å²) < 4.78 is 16.8. The van der Waals surface area contributed by atoms with Crippen molar-refractivity contribution in [2.24, 2.45) is 5.92 Å². The second-order valence-corrected chi connectivity index (χ2v) is 17.8. The molecular weight excluding hydrogens is 787 g/mol. The largest absolute Gasteiger partial charge is 0.394 e. The average Bonchev–Trinajstić information content (AvgIpc) is 3.26. The second kappa shape index (κ2) is 38.3. The fraction of sp³-hybridized carbons (Fsp3) is 0.979. The smallest absolute Gasteiger partial charge is 0.223 e. The average molecular weight is 880 g/mol. The van der Waals surface area contributed by atoms with E-state index in [1.54, 1.807) is 0 Å². The zero-order valence-electron chi connectivity index (χ0n) is 38.3. The van der Waals surface area contributed by atoms with Crippen molar-refractivity contribution < 1.29 is 65.0 Å². The van der Waals surface area contributed by atoms with E-state index in [9.17, 15) is 50.8 Å². The molecule has 0 aromatic rings. The van der Waals surface area contributed by atoms with Crippen LogP contribution in [0.15, 0.2) is 0 Å². The third kappa shape index (κ3) is 27.2. The summed E-state index contributed by atoms with van der Waals surface area (Å²) in [6, 6.07) is 0. The molecule has 1 heterocycles. The third-order valence-electron chi connectivity index (χ3n) is 12.2. The van der Waals surface area contributed by atoms with E-state index in [0.29, 0.717) is 13.0 Å². The minimum Gasteiger partial charge on any atom is -0.394 e. The van der Waals surface area contributed by atoms with Gasteiger partial charge in [0.1, 0.15) is 48.8 Å². The molecule has 1 fully saturated rings. The molecule has 0 radical (unpaired) electrons. The summed E-state index contributed by atoms with van der Waals surface area (Å²) in [7, 11) is 0. The Balaban J connectivity index is 2.65. The molecule has 2 unspecified atom stereocenters. The Morgan fingerprint density at radius 2 is 1.07 bits per heavy atom. The molecule has 0 aromatic carbocycles. The van der Waals surface area contributed by atoms with Gasteiger partial charge in [0.25, 0.3) is 0 Å². The lowest BCUT2D eigenvalue weighted by molar-refractivity contribution is -0.326. The van der Waals surface area contributed by atoms with Crippen LogP contribution in [0.1, 0.15) is 194 Å². The molecule has 1 saturated heterocycles. The SMILES string of the molecule is CCCCCCCCCCCCCCCCOCC(O)CC(CCCCCCCCCCCCCC)C(=O)NC[C@H](O)[C@@H](O[C@H]1O[C@H](CO)[C@@H](O)[C@H](O)[C@H]1O)[C@H](O)[C@H](O)CO. The van der Waals surface area contributed by atoms with Gasteiger partial charge in [-0.3, -0.25) is 4.79 Å². The predicted molar refractivity (Wildman–Crippen MR) is 238 cm³/mol. The zero-order valence-corrected chi connectivity index (χ0v) is 38.3. The normalized spacial score (nSPS) is 22.4. The maximum absolute atomic E-state index is 13.6. The van der Waals surface area contributed by atoms with E-state index in [-0.39, 0.29) is 13.0 Å². The van der Waals surface area contributed by atoms with Gasteiger partial charge in [0.05, 0.1) is 25.9 Å². The predicted octanol–water partition coefficient (Wildman–Crippen LogP) is 5.32. The number of hydrogen-bond donors (Lipinski definition) is 10. The number of nitrogens with one attached hydrogen (secondary N) is 1. The molecule has 0 aromatic heterocycles. The van der Waals surface area contributed by atoms with Crippen LogP contribution in [0.25, 0.3) is 0 Å². The summed E-state index contributed by atoms with van der Waals surface area (Å²) in [6.07, 6.45) is 15.9. The first-order chi connectivity index (χ1) is 29.5. The van der Waals surface area contributed by atoms with Crippen LogP contribution in [0.2, 0.25) is 0 Å². The number of carbonyl (C=O) groups is 1. The molecule has 1 aliphatic rings. The van der Waals surface area contributed by atoms with Gasteiger partial charge in [0.2, 0.25) is 5.91 Å². The summed E-state index contributed by atoms with van der Waals surface area (Å²) in [5.74, 6) is -1.04. The third-order valence-corrected chi connectivity index (χ3v) is 12.2. The van der Waals surface area contributed by atoms with Crippen molar-refractivity contribution in [3.05, 3.63) is 0 Å². The molecule has 0 aliphatic carbocycles. The summed E-state index contributed by atoms with van der Waals surface area (Å²) in [5.41, 5.74) is 0. The molecule has 364 valence electrons. The van der Waals surface area contributed by atoms with E-state index in [1.165, 1.54) is 128 Å². The van der Waals surface area contributed by atoms with Crippen molar-refractivity contribution in [2.45, 2.75) is 255 Å². The first kappa shape index (κ1) is 58.0. The summed E-state index contributed by atoms with van der Waals surface area (Å²) in [4.78, 5) is 13.6. The van der Waals surface area contributed by atoms with E-state index < -0.39 is 92.8 Å². The number of ether oxygens (including phenoxy) is 3. The maximum Gasteiger partial charge on any atom is 0.223 e. The molecule has 1 amide bonds. The number of unbranched alkanes of at least 4 members (excludes halogenated alkanes) is 24. The van der Waals surface area contributed by atoms with Gasteiger partial charge in [-0.05, 0) is 19.3 Å². The Morgan fingerprint density at radius 3 is 1.52 bits per heavy atom. The molecule has 0 spiro atoms. The highest BCUT2D eigenvalue weighted by atomic mass is 16.7. The molecule has 14 heteroatoms. The molecule has 11 atom stereocenters. The van der Waals surface area contributed by atoms with Gasteiger partial charge in [0, 0.05) is 19.1 Å². The molecule has 14 nitrogen and oxygen atoms in total. The highest BCUT2D eigenvalue weighted by molar-refractivity contribution is 5.78. The molecule has 0 bridgehead atoms. The van der Waals surface area contributed by atoms with Crippen molar-refractivity contribution in [1.82, 2.24) is 5.32 Å². The molecule has 1 rings (SSSR count). The molecule has 0 saturated carbocycles. The maximum atomic E-state index is 13.6. The van der Waals surface area contributed by atoms with Crippen LogP contribution in [0, 0.1) is 5.92 Å². The van der Waals surface area contributed by atoms with Gasteiger partial charge < -0.3 is 65.5 Å². The first-order valence-corrected chi connectivity index (χ1v) is 24.7. The quantitative estimate of drug-likeness (QED) is 0.0350. The van der Waals surface area contributed by atoms with E-state index in [2.05, 4.69) is 19.2 Å². The highest BCUT2D eigenvalue weighted by Crippen LogP contribution is 2.26. The summed E-state index contributed by atoms with van der Waals surface area (Å²) in [6.45, 7) is 2.99. The molecular formula is C47H93NO13. The topological polar surface area (TPSA) is 239 Å². The van der Waals surface area contributed by atoms with Crippen LogP contribution in [0.4, 0.5) is 0 Å². The standard InChI is InChI=1S/C47H93NO13/c1-3-5-7-9-11-13-15-17-18-20-22-24-26-28-30-59-35-37(51)31-36(29-27-25-23-21-19-16-14-12-10-8-6-4-2)46(58)48-32-38(52)45(41(54)39(53)33-49)61-47-44(57)43(56)42(55)40(34-50)60-47/h36-45,47,49-57H,3-35H2,1-2H3,(H,48,58)/t36?,37?,38-,39+,40+,41+,42+,43-,44+,45+,47+/m0/s1. The van der Waals surface area contributed by atoms with Crippen molar-refractivity contribution >= 4 is 5.91 Å². The Hall–Kier alpha value is -1.01. The van der Waals surface area contributed by atoms with Gasteiger partial charge in [-0.15, -0.1) is 0 Å². The number of aliphatic hydroxyl groups is 9. The minimum absolute atomic E-state index is 0.101. The van der Waals surface area contributed by atoms with Gasteiger partial charge in [-0.1, -0.05) is 174 Å². The van der Waals surface area contributed by atoms with Gasteiger partial charge >= 0.3 is 0 Å². The zero-order chi connectivity index (χ0) is 45.1. The Labute approximate surface area is 369 Å². The monoisotopic (exact) mass is 880 g/mol. The van der Waals surface area contributed by atoms with Crippen LogP contribution in [-0.2, 0) is 19.0 Å². The van der Waals surface area contributed by atoms with Crippen molar-refractivity contribution in [3.63, 3.8) is 0 Å². The van der Waals surface area contributed by atoms with Crippen molar-refractivity contribution in [2.75, 3.05) is 33.0 Å². The van der Waals surface area contributed by atoms with Crippen LogP contribution in [-0.4, -0.2) is 146 Å². The molecule has 10 N–H and O–H groups in total. The number of carbonyl (C=O) groups excluding carboxylic acids is 1. The Kier molecular flexibility index (Phi) is 36.4. The Bertz CT molecular complexity index is 996. The molecule has 1 aliphatic heterocycles. The fourth-order valence-corrected chi connectivity index (χ4v) is 8.13.